The predicted molar refractivity (Wildman–Crippen MR) is 234 cm³/mol. The van der Waals surface area contributed by atoms with E-state index < -0.39 is 0 Å². The van der Waals surface area contributed by atoms with E-state index in [1.165, 1.54) is 88.0 Å². The average Bonchev–Trinajstić information content (AvgIpc) is 3.58. The van der Waals surface area contributed by atoms with Gasteiger partial charge in [0.25, 0.3) is 0 Å². The Hall–Kier alpha value is -6.44. The fourth-order valence-electron chi connectivity index (χ4n) is 9.80. The van der Waals surface area contributed by atoms with Crippen LogP contribution in [0.3, 0.4) is 0 Å². The maximum Gasteiger partial charge on any atom is 0.0468 e. The number of anilines is 3. The van der Waals surface area contributed by atoms with Crippen molar-refractivity contribution in [3.05, 3.63) is 198 Å². The molecule has 1 heteroatoms. The lowest BCUT2D eigenvalue weighted by Gasteiger charge is -2.28. The molecule has 0 radical (unpaired) electrons. The lowest BCUT2D eigenvalue weighted by Crippen LogP contribution is -2.16. The zero-order valence-electron chi connectivity index (χ0n) is 31.7. The molecule has 11 rings (SSSR count). The van der Waals surface area contributed by atoms with Gasteiger partial charge in [0.2, 0.25) is 0 Å². The molecule has 0 amide bonds. The SMILES string of the molecule is CC1(C)c2cc3ccccc3cc2-c2cc3ccc(N(c4ccc(-c5ccccc5)cc4)c4ccc5c(c4)C(C)(C)c4ccc6ccccc6c4-5)cc3cc21. The normalized spacial score (nSPS) is 14.5. The summed E-state index contributed by atoms with van der Waals surface area (Å²) in [6.07, 6.45) is 0. The van der Waals surface area contributed by atoms with Crippen LogP contribution in [0.5, 0.6) is 0 Å². The van der Waals surface area contributed by atoms with Gasteiger partial charge in [-0.1, -0.05) is 143 Å². The Morgan fingerprint density at radius 2 is 0.836 bits per heavy atom. The second-order valence-corrected chi connectivity index (χ2v) is 16.6. The Morgan fingerprint density at radius 3 is 1.58 bits per heavy atom. The van der Waals surface area contributed by atoms with Crippen LogP contribution < -0.4 is 4.90 Å². The molecule has 9 aromatic rings. The van der Waals surface area contributed by atoms with Gasteiger partial charge in [0.05, 0.1) is 0 Å². The van der Waals surface area contributed by atoms with E-state index in [9.17, 15) is 0 Å². The Labute approximate surface area is 323 Å². The Bertz CT molecular complexity index is 3020. The highest BCUT2D eigenvalue weighted by Crippen LogP contribution is 2.54. The predicted octanol–water partition coefficient (Wildman–Crippen LogP) is 14.9. The summed E-state index contributed by atoms with van der Waals surface area (Å²) in [4.78, 5) is 2.45. The van der Waals surface area contributed by atoms with Crippen molar-refractivity contribution in [1.29, 1.82) is 0 Å². The summed E-state index contributed by atoms with van der Waals surface area (Å²) in [6.45, 7) is 9.54. The molecule has 0 aromatic heterocycles. The van der Waals surface area contributed by atoms with Crippen molar-refractivity contribution in [2.24, 2.45) is 0 Å². The number of benzene rings is 9. The third-order valence-electron chi connectivity index (χ3n) is 12.8. The van der Waals surface area contributed by atoms with Gasteiger partial charge < -0.3 is 4.90 Å². The fourth-order valence-corrected chi connectivity index (χ4v) is 9.80. The maximum absolute atomic E-state index is 2.46. The quantitative estimate of drug-likeness (QED) is 0.176. The van der Waals surface area contributed by atoms with Crippen molar-refractivity contribution in [3.63, 3.8) is 0 Å². The first-order valence-corrected chi connectivity index (χ1v) is 19.5. The summed E-state index contributed by atoms with van der Waals surface area (Å²) in [5.41, 5.74) is 16.6. The smallest absolute Gasteiger partial charge is 0.0468 e. The molecule has 0 atom stereocenters. The van der Waals surface area contributed by atoms with Crippen LogP contribution in [0.1, 0.15) is 49.9 Å². The lowest BCUT2D eigenvalue weighted by atomic mass is 9.81. The van der Waals surface area contributed by atoms with Crippen LogP contribution in [0.25, 0.3) is 65.7 Å². The van der Waals surface area contributed by atoms with Crippen molar-refractivity contribution in [2.75, 3.05) is 4.90 Å². The van der Waals surface area contributed by atoms with E-state index >= 15 is 0 Å². The molecule has 0 saturated heterocycles. The highest BCUT2D eigenvalue weighted by atomic mass is 15.1. The molecule has 0 N–H and O–H groups in total. The number of hydrogen-bond acceptors (Lipinski definition) is 1. The summed E-state index contributed by atoms with van der Waals surface area (Å²) in [5, 5.41) is 7.73. The molecule has 1 nitrogen and oxygen atoms in total. The van der Waals surface area contributed by atoms with Crippen LogP contribution >= 0.6 is 0 Å². The third kappa shape index (κ3) is 4.72. The Morgan fingerprint density at radius 1 is 0.327 bits per heavy atom. The van der Waals surface area contributed by atoms with Gasteiger partial charge in [0.1, 0.15) is 0 Å². The molecule has 2 aliphatic rings. The van der Waals surface area contributed by atoms with E-state index in [1.54, 1.807) is 0 Å². The second kappa shape index (κ2) is 11.5. The highest BCUT2D eigenvalue weighted by molar-refractivity contribution is 6.03. The summed E-state index contributed by atoms with van der Waals surface area (Å²) in [7, 11) is 0. The van der Waals surface area contributed by atoms with E-state index in [-0.39, 0.29) is 10.8 Å². The molecule has 2 aliphatic carbocycles. The summed E-state index contributed by atoms with van der Waals surface area (Å²) >= 11 is 0. The molecule has 0 aliphatic heterocycles. The summed E-state index contributed by atoms with van der Waals surface area (Å²) in [5.74, 6) is 0. The van der Waals surface area contributed by atoms with Gasteiger partial charge in [-0.05, 0) is 149 Å². The first kappa shape index (κ1) is 32.0. The molecule has 9 aromatic carbocycles. The van der Waals surface area contributed by atoms with E-state index in [0.29, 0.717) is 0 Å². The lowest BCUT2D eigenvalue weighted by molar-refractivity contribution is 0.661. The molecular formula is C54H41N. The largest absolute Gasteiger partial charge is 0.310 e. The zero-order valence-corrected chi connectivity index (χ0v) is 31.7. The Balaban J connectivity index is 1.08. The van der Waals surface area contributed by atoms with Gasteiger partial charge >= 0.3 is 0 Å². The van der Waals surface area contributed by atoms with Gasteiger partial charge in [-0.3, -0.25) is 0 Å². The van der Waals surface area contributed by atoms with Crippen LogP contribution in [0.2, 0.25) is 0 Å². The monoisotopic (exact) mass is 703 g/mol. The number of fused-ring (bicyclic) bond motifs is 10. The second-order valence-electron chi connectivity index (χ2n) is 16.6. The first-order chi connectivity index (χ1) is 26.8. The molecule has 0 saturated carbocycles. The van der Waals surface area contributed by atoms with Crippen LogP contribution in [-0.2, 0) is 10.8 Å². The molecule has 0 unspecified atom stereocenters. The van der Waals surface area contributed by atoms with Gasteiger partial charge in [-0.25, -0.2) is 0 Å². The molecule has 0 heterocycles. The molecule has 262 valence electrons. The van der Waals surface area contributed by atoms with Crippen LogP contribution in [0.4, 0.5) is 17.1 Å². The molecule has 0 spiro atoms. The molecule has 0 bridgehead atoms. The van der Waals surface area contributed by atoms with Gasteiger partial charge in [0, 0.05) is 27.9 Å². The number of rotatable bonds is 4. The van der Waals surface area contributed by atoms with Gasteiger partial charge in [-0.2, -0.15) is 0 Å². The summed E-state index contributed by atoms with van der Waals surface area (Å²) in [6, 6.07) is 65.8. The van der Waals surface area contributed by atoms with Crippen molar-refractivity contribution < 1.29 is 0 Å². The number of hydrogen-bond donors (Lipinski definition) is 0. The van der Waals surface area contributed by atoms with Gasteiger partial charge in [0.15, 0.2) is 0 Å². The molecule has 0 fully saturated rings. The standard InChI is InChI=1S/C54H41N/c1-53(2)48-27-21-36-14-10-11-17-44(36)52(48)45-26-25-43(33-51(45)53)55(41-22-18-35(19-23-41)34-12-6-5-7-13-34)42-24-20-39-30-47-46-29-37-15-8-9-16-38(37)31-49(46)54(3,4)50(47)32-40(39)28-42/h5-33H,1-4H3. The fraction of sp³-hybridized carbons (Fsp3) is 0.111. The van der Waals surface area contributed by atoms with E-state index in [0.717, 1.165) is 17.1 Å². The van der Waals surface area contributed by atoms with E-state index in [1.807, 2.05) is 0 Å². The van der Waals surface area contributed by atoms with Crippen molar-refractivity contribution in [3.8, 4) is 33.4 Å². The number of nitrogens with zero attached hydrogens (tertiary/aromatic N) is 1. The Kier molecular flexibility index (Phi) is 6.72. The van der Waals surface area contributed by atoms with Crippen LogP contribution in [0, 0.1) is 0 Å². The van der Waals surface area contributed by atoms with Crippen molar-refractivity contribution in [2.45, 2.75) is 38.5 Å². The molecule has 55 heavy (non-hydrogen) atoms. The van der Waals surface area contributed by atoms with Crippen molar-refractivity contribution >= 4 is 49.4 Å². The van der Waals surface area contributed by atoms with Crippen molar-refractivity contribution in [1.82, 2.24) is 0 Å². The third-order valence-corrected chi connectivity index (χ3v) is 12.8. The topological polar surface area (TPSA) is 3.24 Å². The minimum absolute atomic E-state index is 0.101. The first-order valence-electron chi connectivity index (χ1n) is 19.5. The molecular weight excluding hydrogens is 663 g/mol. The van der Waals surface area contributed by atoms with E-state index in [2.05, 4.69) is 209 Å². The maximum atomic E-state index is 2.46. The van der Waals surface area contributed by atoms with Crippen LogP contribution in [-0.4, -0.2) is 0 Å². The minimum Gasteiger partial charge on any atom is -0.310 e. The van der Waals surface area contributed by atoms with Gasteiger partial charge in [-0.15, -0.1) is 0 Å². The average molecular weight is 704 g/mol. The highest BCUT2D eigenvalue weighted by Gasteiger charge is 2.38. The van der Waals surface area contributed by atoms with E-state index in [4.69, 9.17) is 0 Å². The summed E-state index contributed by atoms with van der Waals surface area (Å²) < 4.78 is 0. The zero-order chi connectivity index (χ0) is 37.1. The minimum atomic E-state index is -0.136. The van der Waals surface area contributed by atoms with Crippen LogP contribution in [0.15, 0.2) is 176 Å².